The molecule has 0 fully saturated rings. The van der Waals surface area contributed by atoms with Gasteiger partial charge < -0.3 is 4.74 Å². The van der Waals surface area contributed by atoms with Crippen LogP contribution in [0.2, 0.25) is 0 Å². The summed E-state index contributed by atoms with van der Waals surface area (Å²) in [6, 6.07) is 9.62. The second kappa shape index (κ2) is 4.14. The van der Waals surface area contributed by atoms with E-state index in [1.165, 1.54) is 0 Å². The fraction of sp³-hybridized carbons (Fsp3) is 0.143. The molecule has 4 nitrogen and oxygen atoms in total. The Morgan fingerprint density at radius 3 is 2.83 bits per heavy atom. The van der Waals surface area contributed by atoms with Crippen molar-refractivity contribution in [2.45, 2.75) is 6.54 Å². The minimum atomic E-state index is 0.445. The lowest BCUT2D eigenvalue weighted by atomic mass is 10.1. The van der Waals surface area contributed by atoms with Crippen molar-refractivity contribution in [3.63, 3.8) is 0 Å². The van der Waals surface area contributed by atoms with Crippen LogP contribution in [0, 0.1) is 0 Å². The van der Waals surface area contributed by atoms with E-state index >= 15 is 0 Å². The molecule has 0 amide bonds. The van der Waals surface area contributed by atoms with Gasteiger partial charge in [0.1, 0.15) is 17.9 Å². The molecule has 0 saturated carbocycles. The zero-order valence-corrected chi connectivity index (χ0v) is 9.80. The lowest BCUT2D eigenvalue weighted by Crippen LogP contribution is -2.17. The monoisotopic (exact) mass is 240 g/mol. The van der Waals surface area contributed by atoms with Crippen molar-refractivity contribution in [3.8, 4) is 17.1 Å². The molecule has 1 aromatic heterocycles. The molecular formula is C14H12N2O2. The van der Waals surface area contributed by atoms with Crippen molar-refractivity contribution in [1.82, 2.24) is 9.78 Å². The van der Waals surface area contributed by atoms with Crippen molar-refractivity contribution in [1.29, 1.82) is 0 Å². The summed E-state index contributed by atoms with van der Waals surface area (Å²) in [6.45, 7) is 4.92. The van der Waals surface area contributed by atoms with Gasteiger partial charge in [-0.05, 0) is 5.57 Å². The van der Waals surface area contributed by atoms with Gasteiger partial charge in [-0.1, -0.05) is 36.9 Å². The van der Waals surface area contributed by atoms with Crippen LogP contribution in [-0.4, -0.2) is 22.7 Å². The molecule has 1 aliphatic heterocycles. The Balaban J connectivity index is 2.16. The van der Waals surface area contributed by atoms with Crippen LogP contribution in [0.5, 0.6) is 5.88 Å². The van der Waals surface area contributed by atoms with Gasteiger partial charge in [0.05, 0.1) is 6.54 Å². The van der Waals surface area contributed by atoms with Gasteiger partial charge in [-0.25, -0.2) is 4.68 Å². The Morgan fingerprint density at radius 2 is 2.11 bits per heavy atom. The van der Waals surface area contributed by atoms with Gasteiger partial charge in [-0.15, -0.1) is 0 Å². The molecule has 18 heavy (non-hydrogen) atoms. The van der Waals surface area contributed by atoms with Gasteiger partial charge >= 0.3 is 0 Å². The first kappa shape index (κ1) is 10.8. The van der Waals surface area contributed by atoms with Crippen LogP contribution in [0.25, 0.3) is 11.3 Å². The summed E-state index contributed by atoms with van der Waals surface area (Å²) in [6.07, 6.45) is 0.801. The zero-order valence-electron chi connectivity index (χ0n) is 9.80. The van der Waals surface area contributed by atoms with E-state index in [1.54, 1.807) is 4.68 Å². The largest absolute Gasteiger partial charge is 0.473 e. The van der Waals surface area contributed by atoms with Crippen LogP contribution < -0.4 is 4.74 Å². The molecule has 0 unspecified atom stereocenters. The maximum atomic E-state index is 11.3. The molecule has 2 aromatic rings. The number of hydrogen-bond acceptors (Lipinski definition) is 3. The third-order valence-corrected chi connectivity index (χ3v) is 2.89. The van der Waals surface area contributed by atoms with Crippen LogP contribution >= 0.6 is 0 Å². The lowest BCUT2D eigenvalue weighted by molar-refractivity contribution is 0.111. The summed E-state index contributed by atoms with van der Waals surface area (Å²) in [7, 11) is 0. The first-order valence-corrected chi connectivity index (χ1v) is 5.70. The number of aromatic nitrogens is 2. The number of ether oxygens (including phenoxy) is 1. The molecule has 4 heteroatoms. The van der Waals surface area contributed by atoms with Crippen LogP contribution in [0.1, 0.15) is 10.4 Å². The van der Waals surface area contributed by atoms with E-state index in [-0.39, 0.29) is 0 Å². The van der Waals surface area contributed by atoms with E-state index < -0.39 is 0 Å². The Morgan fingerprint density at radius 1 is 1.33 bits per heavy atom. The van der Waals surface area contributed by atoms with Crippen LogP contribution in [0.15, 0.2) is 42.5 Å². The van der Waals surface area contributed by atoms with Gasteiger partial charge in [-0.3, -0.25) is 4.79 Å². The number of hydrogen-bond donors (Lipinski definition) is 0. The number of rotatable bonds is 2. The molecule has 0 saturated heterocycles. The van der Waals surface area contributed by atoms with Gasteiger partial charge in [0.15, 0.2) is 6.29 Å². The van der Waals surface area contributed by atoms with E-state index in [0.717, 1.165) is 17.4 Å². The van der Waals surface area contributed by atoms with Crippen molar-refractivity contribution in [2.24, 2.45) is 0 Å². The summed E-state index contributed by atoms with van der Waals surface area (Å²) in [5, 5.41) is 4.44. The average Bonchev–Trinajstić information content (AvgIpc) is 2.77. The summed E-state index contributed by atoms with van der Waals surface area (Å²) < 4.78 is 7.22. The van der Waals surface area contributed by atoms with E-state index in [1.807, 2.05) is 30.3 Å². The van der Waals surface area contributed by atoms with E-state index in [9.17, 15) is 4.79 Å². The Labute approximate surface area is 105 Å². The SMILES string of the molecule is C=C1COc2c(C=O)c(-c3ccccc3)nn2C1. The molecule has 0 N–H and O–H groups in total. The van der Waals surface area contributed by atoms with Crippen molar-refractivity contribution < 1.29 is 9.53 Å². The molecule has 1 aliphatic rings. The second-order valence-electron chi connectivity index (χ2n) is 4.25. The molecular weight excluding hydrogens is 228 g/mol. The fourth-order valence-corrected chi connectivity index (χ4v) is 2.06. The highest BCUT2D eigenvalue weighted by Gasteiger charge is 2.23. The molecule has 1 aromatic carbocycles. The van der Waals surface area contributed by atoms with Gasteiger partial charge in [0.25, 0.3) is 0 Å². The number of benzene rings is 1. The number of carbonyl (C=O) groups is 1. The molecule has 0 aliphatic carbocycles. The highest BCUT2D eigenvalue weighted by atomic mass is 16.5. The standard InChI is InChI=1S/C14H12N2O2/c1-10-7-16-14(18-9-10)12(8-17)13(15-16)11-5-3-2-4-6-11/h2-6,8H,1,7,9H2. The Hall–Kier alpha value is -2.36. The van der Waals surface area contributed by atoms with Gasteiger partial charge in [0, 0.05) is 5.56 Å². The summed E-state index contributed by atoms with van der Waals surface area (Å²) in [5.41, 5.74) is 3.03. The molecule has 0 bridgehead atoms. The van der Waals surface area contributed by atoms with E-state index in [4.69, 9.17) is 4.74 Å². The first-order valence-electron chi connectivity index (χ1n) is 5.70. The van der Waals surface area contributed by atoms with Crippen molar-refractivity contribution in [2.75, 3.05) is 6.61 Å². The second-order valence-corrected chi connectivity index (χ2v) is 4.25. The smallest absolute Gasteiger partial charge is 0.223 e. The van der Waals surface area contributed by atoms with Crippen molar-refractivity contribution in [3.05, 3.63) is 48.0 Å². The third kappa shape index (κ3) is 1.62. The Kier molecular flexibility index (Phi) is 2.48. The minimum Gasteiger partial charge on any atom is -0.473 e. The van der Waals surface area contributed by atoms with Crippen molar-refractivity contribution >= 4 is 6.29 Å². The number of aldehydes is 1. The molecule has 0 spiro atoms. The maximum Gasteiger partial charge on any atom is 0.223 e. The van der Waals surface area contributed by atoms with Gasteiger partial charge in [-0.2, -0.15) is 5.10 Å². The normalized spacial score (nSPS) is 13.9. The Bertz CT molecular complexity index is 614. The predicted molar refractivity (Wildman–Crippen MR) is 67.7 cm³/mol. The highest BCUT2D eigenvalue weighted by Crippen LogP contribution is 2.31. The van der Waals surface area contributed by atoms with E-state index in [2.05, 4.69) is 11.7 Å². The minimum absolute atomic E-state index is 0.445. The first-order chi connectivity index (χ1) is 8.79. The third-order valence-electron chi connectivity index (χ3n) is 2.89. The topological polar surface area (TPSA) is 44.1 Å². The van der Waals surface area contributed by atoms with Crippen LogP contribution in [0.3, 0.4) is 0 Å². The lowest BCUT2D eigenvalue weighted by Gasteiger charge is -2.16. The molecule has 3 rings (SSSR count). The molecule has 90 valence electrons. The maximum absolute atomic E-state index is 11.3. The molecule has 0 radical (unpaired) electrons. The number of carbonyl (C=O) groups excluding carboxylic acids is 1. The zero-order chi connectivity index (χ0) is 12.5. The van der Waals surface area contributed by atoms with Gasteiger partial charge in [0.2, 0.25) is 5.88 Å². The predicted octanol–water partition coefficient (Wildman–Crippen LogP) is 2.31. The molecule has 2 heterocycles. The van der Waals surface area contributed by atoms with Crippen LogP contribution in [0.4, 0.5) is 0 Å². The quantitative estimate of drug-likeness (QED) is 0.597. The van der Waals surface area contributed by atoms with E-state index in [0.29, 0.717) is 30.3 Å². The van der Waals surface area contributed by atoms with Crippen LogP contribution in [-0.2, 0) is 6.54 Å². The highest BCUT2D eigenvalue weighted by molar-refractivity contribution is 5.88. The number of nitrogens with zero attached hydrogens (tertiary/aromatic N) is 2. The number of fused-ring (bicyclic) bond motifs is 1. The summed E-state index contributed by atoms with van der Waals surface area (Å²) in [4.78, 5) is 11.3. The summed E-state index contributed by atoms with van der Waals surface area (Å²) in [5.74, 6) is 0.538. The average molecular weight is 240 g/mol. The molecule has 0 atom stereocenters. The summed E-state index contributed by atoms with van der Waals surface area (Å²) >= 11 is 0. The fourth-order valence-electron chi connectivity index (χ4n) is 2.06.